The van der Waals surface area contributed by atoms with Gasteiger partial charge >= 0.3 is 5.97 Å². The molecule has 6 heteroatoms. The molecule has 0 aliphatic heterocycles. The Morgan fingerprint density at radius 1 is 1.12 bits per heavy atom. The number of nitrogens with zero attached hydrogens (tertiary/aromatic N) is 2. The highest BCUT2D eigenvalue weighted by atomic mass is 16.5. The molecule has 0 unspecified atom stereocenters. The van der Waals surface area contributed by atoms with E-state index in [0.29, 0.717) is 5.69 Å². The van der Waals surface area contributed by atoms with Crippen LogP contribution >= 0.6 is 0 Å². The SMILES string of the molecule is CC(C)N(C(=O)COC(=O)c1cc(-c2ccccc2)n[nH]1)C(C)C. The molecule has 128 valence electrons. The minimum Gasteiger partial charge on any atom is -0.451 e. The lowest BCUT2D eigenvalue weighted by atomic mass is 10.1. The Morgan fingerprint density at radius 3 is 2.33 bits per heavy atom. The van der Waals surface area contributed by atoms with Gasteiger partial charge in [-0.3, -0.25) is 9.89 Å². The first-order chi connectivity index (χ1) is 11.4. The standard InChI is InChI=1S/C18H23N3O3/c1-12(2)21(13(3)4)17(22)11-24-18(23)16-10-15(19-20-16)14-8-6-5-7-9-14/h5-10,12-13H,11H2,1-4H3,(H,19,20). The van der Waals surface area contributed by atoms with Crippen molar-refractivity contribution >= 4 is 11.9 Å². The molecule has 6 nitrogen and oxygen atoms in total. The van der Waals surface area contributed by atoms with Gasteiger partial charge in [-0.25, -0.2) is 4.79 Å². The molecule has 0 saturated carbocycles. The van der Waals surface area contributed by atoms with Crippen LogP contribution in [-0.2, 0) is 9.53 Å². The van der Waals surface area contributed by atoms with Crippen LogP contribution in [0.5, 0.6) is 0 Å². The van der Waals surface area contributed by atoms with Gasteiger partial charge in [0, 0.05) is 17.6 Å². The molecule has 0 bridgehead atoms. The molecule has 0 aliphatic rings. The van der Waals surface area contributed by atoms with E-state index in [0.717, 1.165) is 5.56 Å². The fourth-order valence-electron chi connectivity index (χ4n) is 2.63. The minimum absolute atomic E-state index is 0.0491. The molecule has 24 heavy (non-hydrogen) atoms. The van der Waals surface area contributed by atoms with E-state index in [-0.39, 0.29) is 30.3 Å². The van der Waals surface area contributed by atoms with E-state index in [1.807, 2.05) is 58.0 Å². The molecule has 1 N–H and O–H groups in total. The summed E-state index contributed by atoms with van der Waals surface area (Å²) in [6, 6.07) is 11.2. The Kier molecular flexibility index (Phi) is 5.73. The molecule has 0 radical (unpaired) electrons. The van der Waals surface area contributed by atoms with E-state index in [9.17, 15) is 9.59 Å². The van der Waals surface area contributed by atoms with Crippen LogP contribution in [0.1, 0.15) is 38.2 Å². The van der Waals surface area contributed by atoms with Crippen molar-refractivity contribution < 1.29 is 14.3 Å². The van der Waals surface area contributed by atoms with Crippen molar-refractivity contribution in [3.8, 4) is 11.3 Å². The Bertz CT molecular complexity index is 685. The maximum atomic E-state index is 12.2. The molecule has 0 fully saturated rings. The first kappa shape index (κ1) is 17.7. The Morgan fingerprint density at radius 2 is 1.75 bits per heavy atom. The van der Waals surface area contributed by atoms with Crippen molar-refractivity contribution in [2.45, 2.75) is 39.8 Å². The predicted molar refractivity (Wildman–Crippen MR) is 91.4 cm³/mol. The average molecular weight is 329 g/mol. The van der Waals surface area contributed by atoms with E-state index < -0.39 is 5.97 Å². The van der Waals surface area contributed by atoms with Crippen molar-refractivity contribution in [2.24, 2.45) is 0 Å². The number of hydrogen-bond acceptors (Lipinski definition) is 4. The lowest BCUT2D eigenvalue weighted by Crippen LogP contribution is -2.44. The summed E-state index contributed by atoms with van der Waals surface area (Å²) >= 11 is 0. The van der Waals surface area contributed by atoms with E-state index in [1.165, 1.54) is 0 Å². The lowest BCUT2D eigenvalue weighted by molar-refractivity contribution is -0.138. The zero-order valence-corrected chi connectivity index (χ0v) is 14.4. The lowest BCUT2D eigenvalue weighted by Gasteiger charge is -2.30. The molecule has 0 atom stereocenters. The number of H-pyrrole nitrogens is 1. The van der Waals surface area contributed by atoms with Gasteiger partial charge in [0.15, 0.2) is 6.61 Å². The molecule has 1 heterocycles. The van der Waals surface area contributed by atoms with Gasteiger partial charge in [0.05, 0.1) is 5.69 Å². The number of hydrogen-bond donors (Lipinski definition) is 1. The van der Waals surface area contributed by atoms with Crippen LogP contribution in [-0.4, -0.2) is 45.7 Å². The van der Waals surface area contributed by atoms with E-state index in [1.54, 1.807) is 11.0 Å². The number of amides is 1. The summed E-state index contributed by atoms with van der Waals surface area (Å²) in [4.78, 5) is 26.0. The first-order valence-electron chi connectivity index (χ1n) is 7.99. The van der Waals surface area contributed by atoms with Gasteiger partial charge in [-0.1, -0.05) is 30.3 Å². The third kappa shape index (κ3) is 4.22. The molecule has 2 rings (SSSR count). The van der Waals surface area contributed by atoms with Crippen LogP contribution < -0.4 is 0 Å². The normalized spacial score (nSPS) is 10.9. The Labute approximate surface area is 141 Å². The van der Waals surface area contributed by atoms with E-state index in [2.05, 4.69) is 10.2 Å². The van der Waals surface area contributed by atoms with Crippen LogP contribution in [0.4, 0.5) is 0 Å². The molecule has 0 saturated heterocycles. The number of esters is 1. The molecule has 0 aliphatic carbocycles. The number of ether oxygens (including phenoxy) is 1. The summed E-state index contributed by atoms with van der Waals surface area (Å²) in [6.45, 7) is 7.44. The van der Waals surface area contributed by atoms with Crippen LogP contribution in [0.2, 0.25) is 0 Å². The third-order valence-electron chi connectivity index (χ3n) is 3.59. The fourth-order valence-corrected chi connectivity index (χ4v) is 2.63. The summed E-state index contributed by atoms with van der Waals surface area (Å²) in [7, 11) is 0. The van der Waals surface area contributed by atoms with Gasteiger partial charge < -0.3 is 9.64 Å². The summed E-state index contributed by atoms with van der Waals surface area (Å²) in [6.07, 6.45) is 0. The predicted octanol–water partition coefficient (Wildman–Crippen LogP) is 2.88. The summed E-state index contributed by atoms with van der Waals surface area (Å²) < 4.78 is 5.12. The van der Waals surface area contributed by atoms with Crippen LogP contribution in [0.25, 0.3) is 11.3 Å². The van der Waals surface area contributed by atoms with Gasteiger partial charge in [-0.2, -0.15) is 5.10 Å². The molecule has 0 spiro atoms. The molecular formula is C18H23N3O3. The molecular weight excluding hydrogens is 306 g/mol. The quantitative estimate of drug-likeness (QED) is 0.827. The van der Waals surface area contributed by atoms with Crippen molar-refractivity contribution in [1.82, 2.24) is 15.1 Å². The maximum absolute atomic E-state index is 12.2. The second-order valence-electron chi connectivity index (χ2n) is 6.10. The Hall–Kier alpha value is -2.63. The number of benzene rings is 1. The number of rotatable bonds is 6. The van der Waals surface area contributed by atoms with Crippen molar-refractivity contribution in [3.05, 3.63) is 42.1 Å². The number of nitrogens with one attached hydrogen (secondary N) is 1. The van der Waals surface area contributed by atoms with Crippen molar-refractivity contribution in [1.29, 1.82) is 0 Å². The molecule has 1 amide bonds. The van der Waals surface area contributed by atoms with E-state index >= 15 is 0 Å². The van der Waals surface area contributed by atoms with Crippen LogP contribution in [0.3, 0.4) is 0 Å². The average Bonchev–Trinajstić information content (AvgIpc) is 3.03. The van der Waals surface area contributed by atoms with Gasteiger partial charge in [-0.15, -0.1) is 0 Å². The largest absolute Gasteiger partial charge is 0.451 e. The van der Waals surface area contributed by atoms with Crippen LogP contribution in [0.15, 0.2) is 36.4 Å². The highest BCUT2D eigenvalue weighted by Gasteiger charge is 2.22. The number of aromatic amines is 1. The molecule has 1 aromatic heterocycles. The van der Waals surface area contributed by atoms with Crippen LogP contribution in [0, 0.1) is 0 Å². The number of carbonyl (C=O) groups excluding carboxylic acids is 2. The maximum Gasteiger partial charge on any atom is 0.356 e. The van der Waals surface area contributed by atoms with Crippen molar-refractivity contribution in [2.75, 3.05) is 6.61 Å². The topological polar surface area (TPSA) is 75.3 Å². The molecule has 1 aromatic carbocycles. The number of aromatic nitrogens is 2. The second kappa shape index (κ2) is 7.77. The third-order valence-corrected chi connectivity index (χ3v) is 3.59. The summed E-state index contributed by atoms with van der Waals surface area (Å²) in [5.41, 5.74) is 1.77. The zero-order valence-electron chi connectivity index (χ0n) is 14.4. The highest BCUT2D eigenvalue weighted by molar-refractivity contribution is 5.90. The smallest absolute Gasteiger partial charge is 0.356 e. The summed E-state index contributed by atoms with van der Waals surface area (Å²) in [5.74, 6) is -0.804. The fraction of sp³-hybridized carbons (Fsp3) is 0.389. The zero-order chi connectivity index (χ0) is 17.7. The van der Waals surface area contributed by atoms with Gasteiger partial charge in [0.1, 0.15) is 5.69 Å². The van der Waals surface area contributed by atoms with Gasteiger partial charge in [-0.05, 0) is 33.8 Å². The first-order valence-corrected chi connectivity index (χ1v) is 7.99. The van der Waals surface area contributed by atoms with Gasteiger partial charge in [0.25, 0.3) is 5.91 Å². The second-order valence-corrected chi connectivity index (χ2v) is 6.10. The monoisotopic (exact) mass is 329 g/mol. The van der Waals surface area contributed by atoms with Gasteiger partial charge in [0.2, 0.25) is 0 Å². The number of carbonyl (C=O) groups is 2. The highest BCUT2D eigenvalue weighted by Crippen LogP contribution is 2.17. The Balaban J connectivity index is 1.98. The minimum atomic E-state index is -0.592. The van der Waals surface area contributed by atoms with E-state index in [4.69, 9.17) is 4.74 Å². The summed E-state index contributed by atoms with van der Waals surface area (Å²) in [5, 5.41) is 6.76. The van der Waals surface area contributed by atoms with Crippen molar-refractivity contribution in [3.63, 3.8) is 0 Å². The molecule has 2 aromatic rings.